The summed E-state index contributed by atoms with van der Waals surface area (Å²) in [7, 11) is 0. The van der Waals surface area contributed by atoms with Gasteiger partial charge in [-0.05, 0) is 20.3 Å². The van der Waals surface area contributed by atoms with Gasteiger partial charge in [0, 0.05) is 19.1 Å². The number of hydrogen-bond acceptors (Lipinski definition) is 2. The molecule has 0 saturated carbocycles. The van der Waals surface area contributed by atoms with Crippen molar-refractivity contribution in [2.45, 2.75) is 33.3 Å². The monoisotopic (exact) mass is 198 g/mol. The molecule has 0 spiro atoms. The highest BCUT2D eigenvalue weighted by Crippen LogP contribution is 2.13. The van der Waals surface area contributed by atoms with Crippen molar-refractivity contribution in [3.8, 4) is 0 Å². The molecule has 0 aromatic carbocycles. The molecule has 2 heteroatoms. The van der Waals surface area contributed by atoms with Crippen LogP contribution in [0.3, 0.4) is 0 Å². The number of hydrogen-bond donors (Lipinski definition) is 1. The van der Waals surface area contributed by atoms with Gasteiger partial charge in [0.05, 0.1) is 6.10 Å². The van der Waals surface area contributed by atoms with Crippen LogP contribution in [0.1, 0.15) is 27.2 Å². The molecule has 2 unspecified atom stereocenters. The molecule has 0 rings (SSSR count). The Kier molecular flexibility index (Phi) is 8.59. The lowest BCUT2D eigenvalue weighted by Crippen LogP contribution is -2.24. The van der Waals surface area contributed by atoms with Crippen molar-refractivity contribution in [1.29, 1.82) is 0 Å². The topological polar surface area (TPSA) is 29.5 Å². The number of rotatable bonds is 7. The molecule has 2 atom stereocenters. The maximum Gasteiger partial charge on any atom is 0.0808 e. The van der Waals surface area contributed by atoms with E-state index in [1.54, 1.807) is 0 Å². The molecule has 2 nitrogen and oxygen atoms in total. The summed E-state index contributed by atoms with van der Waals surface area (Å²) in [6.45, 7) is 6.88. The van der Waals surface area contributed by atoms with Crippen LogP contribution in [-0.2, 0) is 4.74 Å². The van der Waals surface area contributed by atoms with E-state index in [-0.39, 0.29) is 18.6 Å². The first-order valence-electron chi connectivity index (χ1n) is 5.32. The lowest BCUT2D eigenvalue weighted by atomic mass is 10.00. The highest BCUT2D eigenvalue weighted by atomic mass is 16.5. The van der Waals surface area contributed by atoms with Gasteiger partial charge in [-0.25, -0.2) is 0 Å². The van der Waals surface area contributed by atoms with Gasteiger partial charge in [0.1, 0.15) is 0 Å². The molecule has 82 valence electrons. The Morgan fingerprint density at radius 2 is 2.00 bits per heavy atom. The quantitative estimate of drug-likeness (QED) is 0.637. The van der Waals surface area contributed by atoms with Gasteiger partial charge in [-0.15, -0.1) is 0 Å². The van der Waals surface area contributed by atoms with Crippen LogP contribution in [0.4, 0.5) is 0 Å². The lowest BCUT2D eigenvalue weighted by Gasteiger charge is -2.21. The molecule has 14 heavy (non-hydrogen) atoms. The van der Waals surface area contributed by atoms with Crippen LogP contribution in [0.5, 0.6) is 0 Å². The minimum absolute atomic E-state index is 0.0335. The molecule has 0 saturated heterocycles. The number of allylic oxidation sites excluding steroid dienone is 3. The predicted molar refractivity (Wildman–Crippen MR) is 60.2 cm³/mol. The Balaban J connectivity index is 4.24. The van der Waals surface area contributed by atoms with Crippen LogP contribution < -0.4 is 0 Å². The molecule has 0 bridgehead atoms. The summed E-state index contributed by atoms with van der Waals surface area (Å²) >= 11 is 0. The maximum atomic E-state index is 9.15. The first-order valence-corrected chi connectivity index (χ1v) is 5.32. The standard InChI is InChI=1S/C12H22O2/c1-4-7-8-9-12(14-6-3)11(5-2)10-13/h4,7-9,11-13H,5-6,10H2,1-3H3. The molecule has 0 amide bonds. The summed E-state index contributed by atoms with van der Waals surface area (Å²) in [6.07, 6.45) is 8.88. The second-order valence-electron chi connectivity index (χ2n) is 3.18. The molecule has 0 radical (unpaired) electrons. The zero-order valence-corrected chi connectivity index (χ0v) is 9.44. The SMILES string of the molecule is CC=CC=CC(OCC)C(CC)CO. The minimum Gasteiger partial charge on any atom is -0.396 e. The van der Waals surface area contributed by atoms with Crippen LogP contribution in [0.25, 0.3) is 0 Å². The molecule has 0 fully saturated rings. The smallest absolute Gasteiger partial charge is 0.0808 e. The van der Waals surface area contributed by atoms with E-state index in [4.69, 9.17) is 9.84 Å². The molecule has 0 aromatic rings. The van der Waals surface area contributed by atoms with Gasteiger partial charge >= 0.3 is 0 Å². The molecule has 0 heterocycles. The van der Waals surface area contributed by atoms with Gasteiger partial charge in [-0.2, -0.15) is 0 Å². The van der Waals surface area contributed by atoms with Gasteiger partial charge < -0.3 is 9.84 Å². The van der Waals surface area contributed by atoms with Crippen molar-refractivity contribution in [3.05, 3.63) is 24.3 Å². The summed E-state index contributed by atoms with van der Waals surface area (Å²) in [4.78, 5) is 0. The highest BCUT2D eigenvalue weighted by molar-refractivity contribution is 5.05. The number of aliphatic hydroxyl groups is 1. The molecule has 0 aromatic heterocycles. The summed E-state index contributed by atoms with van der Waals surface area (Å²) in [6, 6.07) is 0. The van der Waals surface area contributed by atoms with E-state index >= 15 is 0 Å². The average Bonchev–Trinajstić information content (AvgIpc) is 2.20. The summed E-state index contributed by atoms with van der Waals surface area (Å²) < 4.78 is 5.55. The third kappa shape index (κ3) is 5.20. The van der Waals surface area contributed by atoms with Gasteiger partial charge in [-0.1, -0.05) is 31.2 Å². The fraction of sp³-hybridized carbons (Fsp3) is 0.667. The Bertz CT molecular complexity index is 169. The van der Waals surface area contributed by atoms with Gasteiger partial charge in [0.15, 0.2) is 0 Å². The van der Waals surface area contributed by atoms with Crippen LogP contribution in [0, 0.1) is 5.92 Å². The fourth-order valence-electron chi connectivity index (χ4n) is 1.29. The van der Waals surface area contributed by atoms with Crippen molar-refractivity contribution >= 4 is 0 Å². The molecule has 0 aliphatic carbocycles. The number of ether oxygens (including phenoxy) is 1. The highest BCUT2D eigenvalue weighted by Gasteiger charge is 2.15. The molecular weight excluding hydrogens is 176 g/mol. The first-order chi connectivity index (χ1) is 6.79. The summed E-state index contributed by atoms with van der Waals surface area (Å²) in [5.74, 6) is 0.205. The van der Waals surface area contributed by atoms with Crippen LogP contribution in [0.2, 0.25) is 0 Å². The summed E-state index contributed by atoms with van der Waals surface area (Å²) in [5, 5.41) is 9.15. The minimum atomic E-state index is 0.0335. The second kappa shape index (κ2) is 8.97. The van der Waals surface area contributed by atoms with Crippen LogP contribution >= 0.6 is 0 Å². The predicted octanol–water partition coefficient (Wildman–Crippen LogP) is 2.54. The zero-order chi connectivity index (χ0) is 10.8. The van der Waals surface area contributed by atoms with Gasteiger partial charge in [-0.3, -0.25) is 0 Å². The van der Waals surface area contributed by atoms with Crippen molar-refractivity contribution in [3.63, 3.8) is 0 Å². The van der Waals surface area contributed by atoms with E-state index in [9.17, 15) is 0 Å². The molecular formula is C12H22O2. The Labute approximate surface area is 87.3 Å². The molecule has 0 aliphatic heterocycles. The summed E-state index contributed by atoms with van der Waals surface area (Å²) in [5.41, 5.74) is 0. The number of aliphatic hydroxyl groups excluding tert-OH is 1. The Morgan fingerprint density at radius 3 is 2.43 bits per heavy atom. The van der Waals surface area contributed by atoms with E-state index in [1.165, 1.54) is 0 Å². The van der Waals surface area contributed by atoms with Crippen LogP contribution in [0.15, 0.2) is 24.3 Å². The molecule has 0 aliphatic rings. The molecule has 1 N–H and O–H groups in total. The van der Waals surface area contributed by atoms with Crippen LogP contribution in [-0.4, -0.2) is 24.4 Å². The van der Waals surface area contributed by atoms with Crippen molar-refractivity contribution < 1.29 is 9.84 Å². The van der Waals surface area contributed by atoms with E-state index in [1.807, 2.05) is 38.2 Å². The van der Waals surface area contributed by atoms with Crippen molar-refractivity contribution in [1.82, 2.24) is 0 Å². The van der Waals surface area contributed by atoms with Gasteiger partial charge in [0.25, 0.3) is 0 Å². The van der Waals surface area contributed by atoms with Crippen molar-refractivity contribution in [2.75, 3.05) is 13.2 Å². The van der Waals surface area contributed by atoms with Gasteiger partial charge in [0.2, 0.25) is 0 Å². The zero-order valence-electron chi connectivity index (χ0n) is 9.44. The van der Waals surface area contributed by atoms with E-state index < -0.39 is 0 Å². The first kappa shape index (κ1) is 13.4. The maximum absolute atomic E-state index is 9.15. The largest absolute Gasteiger partial charge is 0.396 e. The normalized spacial score (nSPS) is 16.6. The fourth-order valence-corrected chi connectivity index (χ4v) is 1.29. The lowest BCUT2D eigenvalue weighted by molar-refractivity contribution is 0.0290. The Morgan fingerprint density at radius 1 is 1.29 bits per heavy atom. The van der Waals surface area contributed by atoms with Crippen molar-refractivity contribution in [2.24, 2.45) is 5.92 Å². The average molecular weight is 198 g/mol. The van der Waals surface area contributed by atoms with E-state index in [0.717, 1.165) is 6.42 Å². The Hall–Kier alpha value is -0.600. The second-order valence-corrected chi connectivity index (χ2v) is 3.18. The van der Waals surface area contributed by atoms with E-state index in [2.05, 4.69) is 6.92 Å². The van der Waals surface area contributed by atoms with E-state index in [0.29, 0.717) is 6.61 Å². The third-order valence-corrected chi connectivity index (χ3v) is 2.19. The third-order valence-electron chi connectivity index (χ3n) is 2.19.